The Morgan fingerprint density at radius 3 is 2.71 bits per heavy atom. The van der Waals surface area contributed by atoms with Crippen molar-refractivity contribution in [3.63, 3.8) is 0 Å². The lowest BCUT2D eigenvalue weighted by molar-refractivity contribution is -0.272. The summed E-state index contributed by atoms with van der Waals surface area (Å²) in [5.74, 6) is -0.368. The highest BCUT2D eigenvalue weighted by atomic mass is 16.8. The minimum atomic E-state index is -1.79. The number of fused-ring (bicyclic) bond motifs is 10. The molecule has 3 aliphatic carbocycles. The molecule has 1 saturated heterocycles. The molecule has 2 aromatic carbocycles. The summed E-state index contributed by atoms with van der Waals surface area (Å²) in [4.78, 5) is 30.9. The van der Waals surface area contributed by atoms with Gasteiger partial charge in [0.2, 0.25) is 6.79 Å². The summed E-state index contributed by atoms with van der Waals surface area (Å²) in [6.45, 7) is 8.11. The standard InChI is InChI=1S/C35H36N2O8/c1-31(2)29-23(38)16-26-34(44-29,45-31)12-11-32(3)33(4)18(13-21-20-7-5-6-8-22(20)37-28(21)33)14-27(35(26,32)40)43-30(39)36-19-9-10-24-25(15-19)42-17-41-24/h5-10,15-16,18,27,29,37,40H,11-14,17H2,1-4H3,(H,36,39)/t18-,27+,29+,32-,33-,34?,35+/m1/s1. The first kappa shape index (κ1) is 27.5. The quantitative estimate of drug-likeness (QED) is 0.357. The first-order valence-corrected chi connectivity index (χ1v) is 15.7. The van der Waals surface area contributed by atoms with E-state index in [-0.39, 0.29) is 18.5 Å². The van der Waals surface area contributed by atoms with Crippen LogP contribution in [-0.4, -0.2) is 58.0 Å². The molecule has 2 saturated carbocycles. The molecule has 1 spiro atoms. The minimum absolute atomic E-state index is 0.0560. The van der Waals surface area contributed by atoms with E-state index in [4.69, 9.17) is 23.7 Å². The summed E-state index contributed by atoms with van der Waals surface area (Å²) in [7, 11) is 0. The van der Waals surface area contributed by atoms with Crippen LogP contribution in [0.2, 0.25) is 0 Å². The van der Waals surface area contributed by atoms with Crippen LogP contribution in [0.25, 0.3) is 10.9 Å². The van der Waals surface area contributed by atoms with Gasteiger partial charge in [-0.25, -0.2) is 4.79 Å². The number of ether oxygens (including phenoxy) is 5. The van der Waals surface area contributed by atoms with Crippen molar-refractivity contribution >= 4 is 28.5 Å². The van der Waals surface area contributed by atoms with Crippen molar-refractivity contribution in [3.05, 3.63) is 65.4 Å². The molecule has 10 heteroatoms. The highest BCUT2D eigenvalue weighted by Crippen LogP contribution is 2.72. The van der Waals surface area contributed by atoms with Crippen LogP contribution in [0.5, 0.6) is 11.5 Å². The van der Waals surface area contributed by atoms with Gasteiger partial charge in [-0.1, -0.05) is 32.0 Å². The number of nitrogens with one attached hydrogen (secondary N) is 2. The molecule has 9 rings (SSSR count). The van der Waals surface area contributed by atoms with Crippen molar-refractivity contribution in [2.75, 3.05) is 12.1 Å². The molecule has 45 heavy (non-hydrogen) atoms. The second-order valence-electron chi connectivity index (χ2n) is 14.5. The van der Waals surface area contributed by atoms with Crippen LogP contribution in [0.4, 0.5) is 10.5 Å². The van der Waals surface area contributed by atoms with Crippen molar-refractivity contribution in [1.29, 1.82) is 0 Å². The Bertz CT molecular complexity index is 1860. The summed E-state index contributed by atoms with van der Waals surface area (Å²) < 4.78 is 30.2. The number of carbonyl (C=O) groups is 2. The largest absolute Gasteiger partial charge is 0.454 e. The number of para-hydroxylation sites is 1. The Labute approximate surface area is 260 Å². The van der Waals surface area contributed by atoms with Crippen LogP contribution in [0, 0.1) is 11.3 Å². The van der Waals surface area contributed by atoms with Crippen molar-refractivity contribution in [1.82, 2.24) is 4.98 Å². The van der Waals surface area contributed by atoms with E-state index in [2.05, 4.69) is 36.3 Å². The maximum Gasteiger partial charge on any atom is 0.412 e. The Morgan fingerprint density at radius 1 is 1.07 bits per heavy atom. The van der Waals surface area contributed by atoms with Crippen LogP contribution in [0.15, 0.2) is 54.1 Å². The SMILES string of the molecule is CC1(C)OC23CC[C@]4(C)[C@@]5(C)c6[nH]c7ccccc7c6C[C@@H]5C[C@H](OC(=O)Nc5ccc6c(c5)OCO6)[C@@]4(O)C2=CC(=O)[C@@H]1O3. The minimum Gasteiger partial charge on any atom is -0.454 e. The fourth-order valence-corrected chi connectivity index (χ4v) is 9.78. The molecule has 6 aliphatic rings. The van der Waals surface area contributed by atoms with Gasteiger partial charge in [0.25, 0.3) is 0 Å². The second kappa shape index (κ2) is 8.48. The predicted molar refractivity (Wildman–Crippen MR) is 162 cm³/mol. The number of anilines is 1. The predicted octanol–water partition coefficient (Wildman–Crippen LogP) is 5.28. The zero-order valence-electron chi connectivity index (χ0n) is 25.7. The summed E-state index contributed by atoms with van der Waals surface area (Å²) in [5, 5.41) is 17.4. The summed E-state index contributed by atoms with van der Waals surface area (Å²) in [6, 6.07) is 13.4. The molecule has 1 unspecified atom stereocenters. The monoisotopic (exact) mass is 612 g/mol. The lowest BCUT2D eigenvalue weighted by Gasteiger charge is -2.67. The van der Waals surface area contributed by atoms with Crippen LogP contribution in [0.1, 0.15) is 58.2 Å². The van der Waals surface area contributed by atoms with Gasteiger partial charge in [-0.3, -0.25) is 10.1 Å². The molecule has 2 bridgehead atoms. The Balaban J connectivity index is 1.17. The molecule has 7 atom stereocenters. The second-order valence-corrected chi connectivity index (χ2v) is 14.5. The zero-order chi connectivity index (χ0) is 31.1. The first-order chi connectivity index (χ1) is 21.4. The van der Waals surface area contributed by atoms with Crippen molar-refractivity contribution in [2.24, 2.45) is 11.3 Å². The van der Waals surface area contributed by atoms with Gasteiger partial charge in [-0.2, -0.15) is 0 Å². The molecule has 10 nitrogen and oxygen atoms in total. The highest BCUT2D eigenvalue weighted by molar-refractivity contribution is 5.97. The molecule has 3 fully saturated rings. The molecule has 3 aliphatic heterocycles. The highest BCUT2D eigenvalue weighted by Gasteiger charge is 2.78. The molecule has 0 radical (unpaired) electrons. The number of aromatic amines is 1. The average Bonchev–Trinajstić information content (AvgIpc) is 3.73. The number of ketones is 1. The van der Waals surface area contributed by atoms with Crippen molar-refractivity contribution in [2.45, 2.75) is 88.0 Å². The molecule has 3 aromatic rings. The number of amides is 1. The molecule has 3 N–H and O–H groups in total. The third-order valence-corrected chi connectivity index (χ3v) is 12.1. The van der Waals surface area contributed by atoms with Gasteiger partial charge >= 0.3 is 6.09 Å². The van der Waals surface area contributed by atoms with E-state index >= 15 is 0 Å². The van der Waals surface area contributed by atoms with E-state index in [0.717, 1.165) is 17.6 Å². The first-order valence-electron chi connectivity index (χ1n) is 15.7. The molecule has 1 aromatic heterocycles. The Morgan fingerprint density at radius 2 is 1.87 bits per heavy atom. The van der Waals surface area contributed by atoms with Crippen molar-refractivity contribution < 1.29 is 38.4 Å². The van der Waals surface area contributed by atoms with Gasteiger partial charge in [0, 0.05) is 51.2 Å². The Kier molecular flexibility index (Phi) is 5.17. The van der Waals surface area contributed by atoms with E-state index in [1.54, 1.807) is 18.2 Å². The van der Waals surface area contributed by atoms with Crippen LogP contribution >= 0.6 is 0 Å². The van der Waals surface area contributed by atoms with Gasteiger partial charge in [-0.05, 0) is 68.9 Å². The number of benzene rings is 2. The lowest BCUT2D eigenvalue weighted by atomic mass is 9.41. The van der Waals surface area contributed by atoms with Gasteiger partial charge in [0.05, 0.1) is 0 Å². The maximum atomic E-state index is 13.6. The molecule has 4 heterocycles. The maximum absolute atomic E-state index is 13.6. The normalized spacial score (nSPS) is 38.2. The zero-order valence-corrected chi connectivity index (χ0v) is 25.7. The molecule has 234 valence electrons. The van der Waals surface area contributed by atoms with Crippen LogP contribution < -0.4 is 14.8 Å². The number of aliphatic hydroxyl groups is 1. The fraction of sp³-hybridized carbons (Fsp3) is 0.486. The summed E-state index contributed by atoms with van der Waals surface area (Å²) in [6.07, 6.45) is 1.17. The molecule has 1 amide bonds. The lowest BCUT2D eigenvalue weighted by Crippen LogP contribution is -2.75. The number of hydrogen-bond donors (Lipinski definition) is 3. The molecular formula is C35H36N2O8. The van der Waals surface area contributed by atoms with Gasteiger partial charge in [0.1, 0.15) is 17.3 Å². The third kappa shape index (κ3) is 3.25. The van der Waals surface area contributed by atoms with E-state index in [1.165, 1.54) is 17.0 Å². The van der Waals surface area contributed by atoms with Crippen LogP contribution in [-0.2, 0) is 30.8 Å². The van der Waals surface area contributed by atoms with Gasteiger partial charge in [-0.15, -0.1) is 0 Å². The number of aromatic nitrogens is 1. The van der Waals surface area contributed by atoms with Gasteiger partial charge in [0.15, 0.2) is 29.2 Å². The van der Waals surface area contributed by atoms with E-state index < -0.39 is 46.1 Å². The number of H-pyrrole nitrogens is 1. The summed E-state index contributed by atoms with van der Waals surface area (Å²) in [5.41, 5.74) is 0.124. The van der Waals surface area contributed by atoms with E-state index in [9.17, 15) is 14.7 Å². The molecular weight excluding hydrogens is 576 g/mol. The van der Waals surface area contributed by atoms with Gasteiger partial charge < -0.3 is 33.8 Å². The third-order valence-electron chi connectivity index (χ3n) is 12.1. The Hall–Kier alpha value is -3.86. The van der Waals surface area contributed by atoms with Crippen molar-refractivity contribution in [3.8, 4) is 11.5 Å². The summed E-state index contributed by atoms with van der Waals surface area (Å²) >= 11 is 0. The average molecular weight is 613 g/mol. The fourth-order valence-electron chi connectivity index (χ4n) is 9.78. The number of hydrogen-bond acceptors (Lipinski definition) is 8. The van der Waals surface area contributed by atoms with E-state index in [0.29, 0.717) is 42.0 Å². The van der Waals surface area contributed by atoms with Crippen LogP contribution in [0.3, 0.4) is 0 Å². The van der Waals surface area contributed by atoms with E-state index in [1.807, 2.05) is 26.0 Å². The topological polar surface area (TPSA) is 128 Å². The smallest absolute Gasteiger partial charge is 0.412 e. The number of carbonyl (C=O) groups excluding carboxylic acids is 2. The number of rotatable bonds is 2.